The lowest BCUT2D eigenvalue weighted by molar-refractivity contribution is -0.161. The molecule has 0 aliphatic rings. The van der Waals surface area contributed by atoms with Gasteiger partial charge in [0.1, 0.15) is 19.3 Å². The van der Waals surface area contributed by atoms with Crippen LogP contribution in [0.25, 0.3) is 0 Å². The third-order valence-electron chi connectivity index (χ3n) is 20.7. The highest BCUT2D eigenvalue weighted by molar-refractivity contribution is 7.47. The smallest absolute Gasteiger partial charge is 0.462 e. The van der Waals surface area contributed by atoms with Crippen LogP contribution in [0.3, 0.4) is 0 Å². The first-order chi connectivity index (χ1) is 49.7. The van der Waals surface area contributed by atoms with Crippen molar-refractivity contribution in [2.24, 2.45) is 23.7 Å². The molecule has 0 rings (SSSR count). The standard InChI is InChI=1S/C84H164O17P2/c1-9-75(6)61-53-45-37-29-23-19-16-17-20-24-31-40-48-56-64-81(86)94-70-79(100-83(88)66-58-50-42-32-25-21-15-13-12-14-18-22-28-36-44-52-60-74(4)5)72-98-102(90,91)96-68-78(85)69-97-103(92,93)99-73-80(71-95-82(87)65-57-49-41-35-34-39-47-55-63-77(8)11-3)101-84(89)67-59-51-43-33-27-26-30-38-46-54-62-76(7)10-2/h74-80,85H,9-73H2,1-8H3,(H,90,91)(H,92,93)/t75?,76?,77?,78-,79-,80-/m1/s1. The molecule has 612 valence electrons. The fourth-order valence-electron chi connectivity index (χ4n) is 12.9. The summed E-state index contributed by atoms with van der Waals surface area (Å²) >= 11 is 0. The lowest BCUT2D eigenvalue weighted by Gasteiger charge is -2.21. The Morgan fingerprint density at radius 1 is 0.272 bits per heavy atom. The summed E-state index contributed by atoms with van der Waals surface area (Å²) in [6, 6.07) is 0. The number of carbonyl (C=O) groups is 4. The number of phosphoric ester groups is 2. The fourth-order valence-corrected chi connectivity index (χ4v) is 14.4. The summed E-state index contributed by atoms with van der Waals surface area (Å²) in [6.45, 7) is 14.4. The van der Waals surface area contributed by atoms with Crippen molar-refractivity contribution in [3.63, 3.8) is 0 Å². The lowest BCUT2D eigenvalue weighted by atomic mass is 9.99. The third kappa shape index (κ3) is 74.0. The molecule has 5 unspecified atom stereocenters. The number of rotatable bonds is 81. The van der Waals surface area contributed by atoms with Crippen molar-refractivity contribution in [2.75, 3.05) is 39.6 Å². The molecule has 0 spiro atoms. The Kier molecular flexibility index (Phi) is 71.5. The predicted octanol–water partition coefficient (Wildman–Crippen LogP) is 25.2. The summed E-state index contributed by atoms with van der Waals surface area (Å²) in [5.74, 6) is 1.13. The molecule has 0 aliphatic heterocycles. The Morgan fingerprint density at radius 2 is 0.466 bits per heavy atom. The number of hydrogen-bond acceptors (Lipinski definition) is 15. The van der Waals surface area contributed by atoms with Crippen LogP contribution in [0.2, 0.25) is 0 Å². The first-order valence-electron chi connectivity index (χ1n) is 43.3. The van der Waals surface area contributed by atoms with E-state index in [1.807, 2.05) is 0 Å². The van der Waals surface area contributed by atoms with Gasteiger partial charge in [-0.05, 0) is 49.4 Å². The van der Waals surface area contributed by atoms with Gasteiger partial charge in [0.05, 0.1) is 26.4 Å². The van der Waals surface area contributed by atoms with E-state index in [0.29, 0.717) is 25.7 Å². The molecular formula is C84H164O17P2. The van der Waals surface area contributed by atoms with Crippen molar-refractivity contribution < 1.29 is 80.2 Å². The van der Waals surface area contributed by atoms with Gasteiger partial charge in [-0.15, -0.1) is 0 Å². The van der Waals surface area contributed by atoms with Crippen molar-refractivity contribution >= 4 is 39.5 Å². The van der Waals surface area contributed by atoms with E-state index in [2.05, 4.69) is 55.4 Å². The molecule has 0 aromatic heterocycles. The van der Waals surface area contributed by atoms with Crippen LogP contribution in [0, 0.1) is 23.7 Å². The van der Waals surface area contributed by atoms with Gasteiger partial charge in [-0.2, -0.15) is 0 Å². The number of esters is 4. The topological polar surface area (TPSA) is 237 Å². The fraction of sp³-hybridized carbons (Fsp3) is 0.952. The molecule has 8 atom stereocenters. The van der Waals surface area contributed by atoms with E-state index in [1.54, 1.807) is 0 Å². The van der Waals surface area contributed by atoms with E-state index in [-0.39, 0.29) is 25.7 Å². The Morgan fingerprint density at radius 3 is 0.689 bits per heavy atom. The van der Waals surface area contributed by atoms with Crippen molar-refractivity contribution in [1.29, 1.82) is 0 Å². The largest absolute Gasteiger partial charge is 0.472 e. The molecule has 19 heteroatoms. The van der Waals surface area contributed by atoms with E-state index in [9.17, 15) is 43.2 Å². The van der Waals surface area contributed by atoms with Gasteiger partial charge in [0, 0.05) is 25.7 Å². The highest BCUT2D eigenvalue weighted by atomic mass is 31.2. The Balaban J connectivity index is 5.27. The van der Waals surface area contributed by atoms with Crippen molar-refractivity contribution in [2.45, 2.75) is 453 Å². The van der Waals surface area contributed by atoms with Crippen molar-refractivity contribution in [3.8, 4) is 0 Å². The highest BCUT2D eigenvalue weighted by Gasteiger charge is 2.30. The molecule has 0 aliphatic carbocycles. The van der Waals surface area contributed by atoms with Crippen LogP contribution in [-0.4, -0.2) is 96.7 Å². The number of ether oxygens (including phenoxy) is 4. The monoisotopic (exact) mass is 1510 g/mol. The number of phosphoric acid groups is 2. The van der Waals surface area contributed by atoms with Crippen LogP contribution in [0.5, 0.6) is 0 Å². The Hall–Kier alpha value is -1.94. The minimum absolute atomic E-state index is 0.106. The summed E-state index contributed by atoms with van der Waals surface area (Å²) < 4.78 is 68.9. The zero-order valence-corrected chi connectivity index (χ0v) is 69.7. The Labute approximate surface area is 632 Å². The summed E-state index contributed by atoms with van der Waals surface area (Å²) in [5.41, 5.74) is 0. The maximum atomic E-state index is 13.1. The summed E-state index contributed by atoms with van der Waals surface area (Å²) in [5, 5.41) is 10.7. The summed E-state index contributed by atoms with van der Waals surface area (Å²) in [7, 11) is -9.93. The summed E-state index contributed by atoms with van der Waals surface area (Å²) in [6.07, 6.45) is 60.8. The zero-order valence-electron chi connectivity index (χ0n) is 68.0. The number of unbranched alkanes of at least 4 members (excludes halogenated alkanes) is 44. The van der Waals surface area contributed by atoms with Crippen molar-refractivity contribution in [3.05, 3.63) is 0 Å². The Bertz CT molecular complexity index is 2010. The normalized spacial score (nSPS) is 14.8. The molecule has 0 amide bonds. The van der Waals surface area contributed by atoms with E-state index < -0.39 is 97.5 Å². The quantitative estimate of drug-likeness (QED) is 0.0222. The molecular weight excluding hydrogens is 1340 g/mol. The first kappa shape index (κ1) is 101. The van der Waals surface area contributed by atoms with Gasteiger partial charge in [-0.3, -0.25) is 37.3 Å². The van der Waals surface area contributed by atoms with Crippen LogP contribution < -0.4 is 0 Å². The van der Waals surface area contributed by atoms with Crippen LogP contribution >= 0.6 is 15.6 Å². The molecule has 0 fully saturated rings. The second-order valence-corrected chi connectivity index (χ2v) is 34.3. The zero-order chi connectivity index (χ0) is 76.0. The molecule has 0 bridgehead atoms. The van der Waals surface area contributed by atoms with E-state index >= 15 is 0 Å². The second-order valence-electron chi connectivity index (χ2n) is 31.4. The minimum Gasteiger partial charge on any atom is -0.462 e. The van der Waals surface area contributed by atoms with E-state index in [0.717, 1.165) is 114 Å². The SMILES string of the molecule is CCC(C)CCCCCCCCCCCCCCCCC(=O)OC[C@H](COP(=O)(O)OC[C@@H](O)COP(=O)(O)OC[C@@H](COC(=O)CCCCCCCCCCC(C)CC)OC(=O)CCCCCCCCCCCCC(C)CC)OC(=O)CCCCCCCCCCCCCCCCCCC(C)C. The van der Waals surface area contributed by atoms with Gasteiger partial charge in [0.25, 0.3) is 0 Å². The number of aliphatic hydroxyl groups is 1. The van der Waals surface area contributed by atoms with Crippen LogP contribution in [-0.2, 0) is 65.4 Å². The summed E-state index contributed by atoms with van der Waals surface area (Å²) in [4.78, 5) is 73.2. The maximum absolute atomic E-state index is 13.1. The van der Waals surface area contributed by atoms with E-state index in [1.165, 1.54) is 238 Å². The first-order valence-corrected chi connectivity index (χ1v) is 46.3. The predicted molar refractivity (Wildman–Crippen MR) is 423 cm³/mol. The molecule has 0 radical (unpaired) electrons. The molecule has 0 aromatic rings. The van der Waals surface area contributed by atoms with Crippen LogP contribution in [0.15, 0.2) is 0 Å². The van der Waals surface area contributed by atoms with Gasteiger partial charge < -0.3 is 33.8 Å². The average Bonchev–Trinajstić information content (AvgIpc) is 0.911. The number of hydrogen-bond donors (Lipinski definition) is 3. The second kappa shape index (κ2) is 72.9. The molecule has 3 N–H and O–H groups in total. The third-order valence-corrected chi connectivity index (χ3v) is 22.6. The minimum atomic E-state index is -4.97. The molecule has 0 aromatic carbocycles. The molecule has 0 saturated carbocycles. The van der Waals surface area contributed by atoms with Crippen LogP contribution in [0.4, 0.5) is 0 Å². The van der Waals surface area contributed by atoms with Gasteiger partial charge in [-0.25, -0.2) is 9.13 Å². The average molecular weight is 1510 g/mol. The number of carbonyl (C=O) groups excluding carboxylic acids is 4. The van der Waals surface area contributed by atoms with Gasteiger partial charge in [0.15, 0.2) is 12.2 Å². The van der Waals surface area contributed by atoms with Crippen molar-refractivity contribution in [1.82, 2.24) is 0 Å². The van der Waals surface area contributed by atoms with Gasteiger partial charge >= 0.3 is 39.5 Å². The molecule has 0 saturated heterocycles. The van der Waals surface area contributed by atoms with Crippen LogP contribution in [0.1, 0.15) is 434 Å². The maximum Gasteiger partial charge on any atom is 0.472 e. The molecule has 0 heterocycles. The van der Waals surface area contributed by atoms with E-state index in [4.69, 9.17) is 37.0 Å². The van der Waals surface area contributed by atoms with Gasteiger partial charge in [0.2, 0.25) is 0 Å². The highest BCUT2D eigenvalue weighted by Crippen LogP contribution is 2.45. The number of aliphatic hydroxyl groups excluding tert-OH is 1. The molecule has 103 heavy (non-hydrogen) atoms. The lowest BCUT2D eigenvalue weighted by Crippen LogP contribution is -2.30. The molecule has 17 nitrogen and oxygen atoms in total. The van der Waals surface area contributed by atoms with Gasteiger partial charge in [-0.1, -0.05) is 383 Å².